The number of ether oxygens (including phenoxy) is 3. The Kier molecular flexibility index (Phi) is 5.28. The van der Waals surface area contributed by atoms with Crippen molar-refractivity contribution in [3.05, 3.63) is 17.7 Å². The van der Waals surface area contributed by atoms with Gasteiger partial charge >= 0.3 is 6.09 Å². The second-order valence-electron chi connectivity index (χ2n) is 6.03. The SMILES string of the molecule is CCOC(=O)N1CCN(CC(=O)Nc2cc3c(cc2C)OCO3)CC1. The van der Waals surface area contributed by atoms with Crippen LogP contribution in [-0.4, -0.2) is 67.9 Å². The van der Waals surface area contributed by atoms with Crippen molar-refractivity contribution in [1.82, 2.24) is 9.80 Å². The molecule has 0 aliphatic carbocycles. The van der Waals surface area contributed by atoms with E-state index in [0.717, 1.165) is 11.3 Å². The van der Waals surface area contributed by atoms with Gasteiger partial charge in [0, 0.05) is 37.9 Å². The van der Waals surface area contributed by atoms with Gasteiger partial charge in [0.15, 0.2) is 11.5 Å². The summed E-state index contributed by atoms with van der Waals surface area (Å²) in [5, 5.41) is 2.92. The van der Waals surface area contributed by atoms with Crippen LogP contribution < -0.4 is 14.8 Å². The topological polar surface area (TPSA) is 80.3 Å². The van der Waals surface area contributed by atoms with Crippen LogP contribution in [0.3, 0.4) is 0 Å². The molecule has 0 radical (unpaired) electrons. The maximum absolute atomic E-state index is 12.3. The molecule has 0 aromatic heterocycles. The van der Waals surface area contributed by atoms with Crippen LogP contribution in [-0.2, 0) is 9.53 Å². The second kappa shape index (κ2) is 7.60. The molecule has 0 atom stereocenters. The number of anilines is 1. The number of benzene rings is 1. The predicted molar refractivity (Wildman–Crippen MR) is 91.0 cm³/mol. The molecule has 2 aliphatic heterocycles. The van der Waals surface area contributed by atoms with E-state index in [4.69, 9.17) is 14.2 Å². The minimum absolute atomic E-state index is 0.0912. The highest BCUT2D eigenvalue weighted by molar-refractivity contribution is 5.93. The fourth-order valence-corrected chi connectivity index (χ4v) is 2.87. The van der Waals surface area contributed by atoms with Crippen molar-refractivity contribution in [2.24, 2.45) is 0 Å². The first-order valence-electron chi connectivity index (χ1n) is 8.41. The van der Waals surface area contributed by atoms with E-state index in [1.54, 1.807) is 17.9 Å². The van der Waals surface area contributed by atoms with Gasteiger partial charge in [0.05, 0.1) is 13.2 Å². The van der Waals surface area contributed by atoms with Gasteiger partial charge in [0.25, 0.3) is 0 Å². The smallest absolute Gasteiger partial charge is 0.409 e. The van der Waals surface area contributed by atoms with E-state index in [2.05, 4.69) is 5.32 Å². The van der Waals surface area contributed by atoms with Gasteiger partial charge in [-0.15, -0.1) is 0 Å². The minimum Gasteiger partial charge on any atom is -0.454 e. The van der Waals surface area contributed by atoms with Gasteiger partial charge in [-0.2, -0.15) is 0 Å². The molecule has 136 valence electrons. The monoisotopic (exact) mass is 349 g/mol. The Labute approximate surface area is 146 Å². The maximum Gasteiger partial charge on any atom is 0.409 e. The summed E-state index contributed by atoms with van der Waals surface area (Å²) in [6, 6.07) is 3.64. The zero-order chi connectivity index (χ0) is 17.8. The number of carbonyl (C=O) groups is 2. The van der Waals surface area contributed by atoms with Crippen LogP contribution in [0.4, 0.5) is 10.5 Å². The molecular weight excluding hydrogens is 326 g/mol. The molecule has 1 fully saturated rings. The Morgan fingerprint density at radius 3 is 2.52 bits per heavy atom. The molecule has 1 aromatic carbocycles. The van der Waals surface area contributed by atoms with Crippen molar-refractivity contribution in [1.29, 1.82) is 0 Å². The van der Waals surface area contributed by atoms with Gasteiger partial charge in [0.1, 0.15) is 0 Å². The number of nitrogens with zero attached hydrogens (tertiary/aromatic N) is 2. The van der Waals surface area contributed by atoms with E-state index in [-0.39, 0.29) is 25.3 Å². The fraction of sp³-hybridized carbons (Fsp3) is 0.529. The van der Waals surface area contributed by atoms with Crippen molar-refractivity contribution in [3.8, 4) is 11.5 Å². The van der Waals surface area contributed by atoms with Gasteiger partial charge in [-0.3, -0.25) is 9.69 Å². The average molecular weight is 349 g/mol. The van der Waals surface area contributed by atoms with Gasteiger partial charge < -0.3 is 24.4 Å². The van der Waals surface area contributed by atoms with Crippen LogP contribution in [0.15, 0.2) is 12.1 Å². The summed E-state index contributed by atoms with van der Waals surface area (Å²) in [5.41, 5.74) is 1.64. The van der Waals surface area contributed by atoms with Gasteiger partial charge in [-0.1, -0.05) is 0 Å². The fourth-order valence-electron chi connectivity index (χ4n) is 2.87. The maximum atomic E-state index is 12.3. The van der Waals surface area contributed by atoms with E-state index in [1.807, 2.05) is 17.9 Å². The summed E-state index contributed by atoms with van der Waals surface area (Å²) in [6.45, 7) is 6.98. The summed E-state index contributed by atoms with van der Waals surface area (Å²) < 4.78 is 15.7. The molecule has 0 spiro atoms. The first kappa shape index (κ1) is 17.3. The zero-order valence-corrected chi connectivity index (χ0v) is 14.5. The summed E-state index contributed by atoms with van der Waals surface area (Å²) in [7, 11) is 0. The Morgan fingerprint density at radius 1 is 1.16 bits per heavy atom. The second-order valence-corrected chi connectivity index (χ2v) is 6.03. The molecular formula is C17H23N3O5. The quantitative estimate of drug-likeness (QED) is 0.886. The normalized spacial score (nSPS) is 16.6. The molecule has 0 bridgehead atoms. The van der Waals surface area contributed by atoms with Gasteiger partial charge in [-0.25, -0.2) is 4.79 Å². The van der Waals surface area contributed by atoms with Crippen molar-refractivity contribution in [2.45, 2.75) is 13.8 Å². The molecule has 0 unspecified atom stereocenters. The highest BCUT2D eigenvalue weighted by Crippen LogP contribution is 2.36. The van der Waals surface area contributed by atoms with E-state index in [9.17, 15) is 9.59 Å². The number of rotatable bonds is 4. The van der Waals surface area contributed by atoms with Crippen LogP contribution in [0, 0.1) is 6.92 Å². The van der Waals surface area contributed by atoms with Crippen molar-refractivity contribution < 1.29 is 23.8 Å². The molecule has 8 nitrogen and oxygen atoms in total. The van der Waals surface area contributed by atoms with E-state index < -0.39 is 0 Å². The molecule has 2 heterocycles. The highest BCUT2D eigenvalue weighted by atomic mass is 16.7. The Bertz CT molecular complexity index is 656. The van der Waals surface area contributed by atoms with Gasteiger partial charge in [-0.05, 0) is 25.5 Å². The minimum atomic E-state index is -0.289. The van der Waals surface area contributed by atoms with Crippen LogP contribution >= 0.6 is 0 Å². The average Bonchev–Trinajstić information content (AvgIpc) is 3.03. The lowest BCUT2D eigenvalue weighted by Crippen LogP contribution is -2.50. The molecule has 25 heavy (non-hydrogen) atoms. The Hall–Kier alpha value is -2.48. The van der Waals surface area contributed by atoms with E-state index in [1.165, 1.54) is 0 Å². The van der Waals surface area contributed by atoms with Crippen LogP contribution in [0.2, 0.25) is 0 Å². The van der Waals surface area contributed by atoms with Crippen LogP contribution in [0.5, 0.6) is 11.5 Å². The number of amides is 2. The lowest BCUT2D eigenvalue weighted by Gasteiger charge is -2.33. The molecule has 1 saturated heterocycles. The number of piperazine rings is 1. The van der Waals surface area contributed by atoms with Crippen molar-refractivity contribution in [3.63, 3.8) is 0 Å². The van der Waals surface area contributed by atoms with Crippen molar-refractivity contribution >= 4 is 17.7 Å². The third-order valence-electron chi connectivity index (χ3n) is 4.26. The number of aryl methyl sites for hydroxylation is 1. The Balaban J connectivity index is 1.50. The molecule has 2 amide bonds. The third kappa shape index (κ3) is 4.14. The van der Waals surface area contributed by atoms with E-state index in [0.29, 0.717) is 44.3 Å². The van der Waals surface area contributed by atoms with Crippen molar-refractivity contribution in [2.75, 3.05) is 51.4 Å². The van der Waals surface area contributed by atoms with Gasteiger partial charge in [0.2, 0.25) is 12.7 Å². The summed E-state index contributed by atoms with van der Waals surface area (Å²) in [4.78, 5) is 27.7. The number of hydrogen-bond donors (Lipinski definition) is 1. The summed E-state index contributed by atoms with van der Waals surface area (Å²) in [5.74, 6) is 1.25. The molecule has 2 aliphatic rings. The van der Waals surface area contributed by atoms with Crippen LogP contribution in [0.1, 0.15) is 12.5 Å². The molecule has 8 heteroatoms. The first-order valence-corrected chi connectivity index (χ1v) is 8.41. The number of hydrogen-bond acceptors (Lipinski definition) is 6. The lowest BCUT2D eigenvalue weighted by molar-refractivity contribution is -0.117. The summed E-state index contributed by atoms with van der Waals surface area (Å²) in [6.07, 6.45) is -0.289. The third-order valence-corrected chi connectivity index (χ3v) is 4.26. The lowest BCUT2D eigenvalue weighted by atomic mass is 10.1. The Morgan fingerprint density at radius 2 is 1.84 bits per heavy atom. The molecule has 1 aromatic rings. The van der Waals surface area contributed by atoms with Crippen LogP contribution in [0.25, 0.3) is 0 Å². The summed E-state index contributed by atoms with van der Waals surface area (Å²) >= 11 is 0. The number of nitrogens with one attached hydrogen (secondary N) is 1. The number of fused-ring (bicyclic) bond motifs is 1. The number of carbonyl (C=O) groups excluding carboxylic acids is 2. The zero-order valence-electron chi connectivity index (χ0n) is 14.5. The standard InChI is InChI=1S/C17H23N3O5/c1-3-23-17(22)20-6-4-19(5-7-20)10-16(21)18-13-9-15-14(8-12(13)2)24-11-25-15/h8-9H,3-7,10-11H2,1-2H3,(H,18,21). The predicted octanol–water partition coefficient (Wildman–Crippen LogP) is 1.44. The molecule has 3 rings (SSSR count). The largest absolute Gasteiger partial charge is 0.454 e. The molecule has 1 N–H and O–H groups in total. The first-order chi connectivity index (χ1) is 12.1. The molecule has 0 saturated carbocycles. The van der Waals surface area contributed by atoms with E-state index >= 15 is 0 Å². The highest BCUT2D eigenvalue weighted by Gasteiger charge is 2.23.